The van der Waals surface area contributed by atoms with E-state index in [1.54, 1.807) is 18.2 Å². The number of hydrogen-bond donors (Lipinski definition) is 1. The van der Waals surface area contributed by atoms with Crippen molar-refractivity contribution in [2.45, 2.75) is 13.3 Å². The third-order valence-corrected chi connectivity index (χ3v) is 5.69. The van der Waals surface area contributed by atoms with Crippen LogP contribution in [0, 0.1) is 0 Å². The smallest absolute Gasteiger partial charge is 0.258 e. The number of nitrogens with zero attached hydrogens (tertiary/aromatic N) is 3. The van der Waals surface area contributed by atoms with Crippen molar-refractivity contribution < 1.29 is 19.1 Å². The number of aromatic amines is 1. The van der Waals surface area contributed by atoms with Crippen molar-refractivity contribution in [1.29, 1.82) is 0 Å². The summed E-state index contributed by atoms with van der Waals surface area (Å²) >= 11 is 6.28. The van der Waals surface area contributed by atoms with E-state index < -0.39 is 17.7 Å². The average molecular weight is 467 g/mol. The van der Waals surface area contributed by atoms with Crippen molar-refractivity contribution in [2.24, 2.45) is 0 Å². The van der Waals surface area contributed by atoms with E-state index in [4.69, 9.17) is 16.3 Å². The van der Waals surface area contributed by atoms with E-state index in [1.807, 2.05) is 37.3 Å². The minimum Gasteiger partial charge on any atom is -0.492 e. The summed E-state index contributed by atoms with van der Waals surface area (Å²) in [5, 5.41) is 7.21. The standard InChI is InChI=1S/C24H23ClN4O4/c1-2-33-20-9-8-17(12-19(20)25)23-18(13-26-27-23)24(32)28-14-21(30)29(22(31)15-28)11-10-16-6-4-3-5-7-16/h3-9,12-13H,2,10-11,14-15H2,1H3,(H,26,27). The van der Waals surface area contributed by atoms with E-state index in [2.05, 4.69) is 10.2 Å². The fourth-order valence-corrected chi connectivity index (χ4v) is 3.97. The Kier molecular flexibility index (Phi) is 6.74. The van der Waals surface area contributed by atoms with Gasteiger partial charge in [-0.1, -0.05) is 41.9 Å². The van der Waals surface area contributed by atoms with Crippen LogP contribution in [0.4, 0.5) is 0 Å². The molecule has 1 N–H and O–H groups in total. The van der Waals surface area contributed by atoms with Gasteiger partial charge in [0.2, 0.25) is 11.8 Å². The second-order valence-corrected chi connectivity index (χ2v) is 7.98. The Hall–Kier alpha value is -3.65. The van der Waals surface area contributed by atoms with Gasteiger partial charge in [0.1, 0.15) is 18.8 Å². The van der Waals surface area contributed by atoms with E-state index in [1.165, 1.54) is 16.0 Å². The Morgan fingerprint density at radius 1 is 1.12 bits per heavy atom. The number of piperazine rings is 1. The number of halogens is 1. The highest BCUT2D eigenvalue weighted by Gasteiger charge is 2.34. The van der Waals surface area contributed by atoms with Crippen LogP contribution in [0.5, 0.6) is 5.75 Å². The fraction of sp³-hybridized carbons (Fsp3) is 0.250. The molecule has 33 heavy (non-hydrogen) atoms. The molecule has 1 aliphatic heterocycles. The lowest BCUT2D eigenvalue weighted by molar-refractivity contribution is -0.150. The number of nitrogens with one attached hydrogen (secondary N) is 1. The summed E-state index contributed by atoms with van der Waals surface area (Å²) in [6, 6.07) is 14.8. The molecule has 1 aliphatic rings. The van der Waals surface area contributed by atoms with Crippen LogP contribution in [0.3, 0.4) is 0 Å². The number of amides is 3. The molecule has 3 amide bonds. The van der Waals surface area contributed by atoms with Gasteiger partial charge >= 0.3 is 0 Å². The molecule has 0 radical (unpaired) electrons. The summed E-state index contributed by atoms with van der Waals surface area (Å²) < 4.78 is 5.45. The summed E-state index contributed by atoms with van der Waals surface area (Å²) in [6.07, 6.45) is 1.95. The van der Waals surface area contributed by atoms with Crippen molar-refractivity contribution in [1.82, 2.24) is 20.0 Å². The Morgan fingerprint density at radius 2 is 1.85 bits per heavy atom. The van der Waals surface area contributed by atoms with Crippen molar-refractivity contribution in [2.75, 3.05) is 26.2 Å². The van der Waals surface area contributed by atoms with Crippen molar-refractivity contribution in [3.63, 3.8) is 0 Å². The van der Waals surface area contributed by atoms with Gasteiger partial charge in [0.05, 0.1) is 29.1 Å². The number of H-pyrrole nitrogens is 1. The highest BCUT2D eigenvalue weighted by Crippen LogP contribution is 2.31. The topological polar surface area (TPSA) is 95.6 Å². The summed E-state index contributed by atoms with van der Waals surface area (Å²) in [5.74, 6) is -0.708. The van der Waals surface area contributed by atoms with Gasteiger partial charge in [-0.2, -0.15) is 5.10 Å². The first-order chi connectivity index (χ1) is 16.0. The molecule has 170 valence electrons. The van der Waals surface area contributed by atoms with Crippen LogP contribution >= 0.6 is 11.6 Å². The summed E-state index contributed by atoms with van der Waals surface area (Å²) in [6.45, 7) is 2.28. The van der Waals surface area contributed by atoms with Crippen molar-refractivity contribution >= 4 is 29.3 Å². The van der Waals surface area contributed by atoms with E-state index in [0.29, 0.717) is 35.1 Å². The number of imide groups is 1. The molecule has 0 atom stereocenters. The van der Waals surface area contributed by atoms with Gasteiger partial charge in [0, 0.05) is 12.1 Å². The molecule has 1 fully saturated rings. The average Bonchev–Trinajstić information content (AvgIpc) is 3.30. The van der Waals surface area contributed by atoms with Crippen molar-refractivity contribution in [3.8, 4) is 17.0 Å². The Morgan fingerprint density at radius 3 is 2.52 bits per heavy atom. The molecular weight excluding hydrogens is 444 g/mol. The molecule has 0 unspecified atom stereocenters. The van der Waals surface area contributed by atoms with Gasteiger partial charge in [0.25, 0.3) is 5.91 Å². The number of carbonyl (C=O) groups is 3. The molecular formula is C24H23ClN4O4. The molecule has 3 aromatic rings. The second kappa shape index (κ2) is 9.87. The first-order valence-electron chi connectivity index (χ1n) is 10.6. The van der Waals surface area contributed by atoms with Gasteiger partial charge in [-0.25, -0.2) is 0 Å². The first-order valence-corrected chi connectivity index (χ1v) is 11.0. The third kappa shape index (κ3) is 4.90. The Bertz CT molecular complexity index is 1160. The molecule has 9 heteroatoms. The number of ether oxygens (including phenoxy) is 1. The minimum absolute atomic E-state index is 0.173. The molecule has 4 rings (SSSR count). The summed E-state index contributed by atoms with van der Waals surface area (Å²) in [4.78, 5) is 41.0. The van der Waals surface area contributed by atoms with Crippen molar-refractivity contribution in [3.05, 3.63) is 70.9 Å². The summed E-state index contributed by atoms with van der Waals surface area (Å²) in [7, 11) is 0. The third-order valence-electron chi connectivity index (χ3n) is 5.40. The molecule has 0 bridgehead atoms. The number of hydrogen-bond acceptors (Lipinski definition) is 5. The van der Waals surface area contributed by atoms with Gasteiger partial charge in [-0.15, -0.1) is 0 Å². The normalized spacial score (nSPS) is 14.0. The van der Waals surface area contributed by atoms with E-state index in [9.17, 15) is 14.4 Å². The first kappa shape index (κ1) is 22.5. The number of aromatic nitrogens is 2. The predicted molar refractivity (Wildman–Crippen MR) is 123 cm³/mol. The number of carbonyl (C=O) groups excluding carboxylic acids is 3. The molecule has 1 aromatic heterocycles. The number of rotatable bonds is 7. The van der Waals surface area contributed by atoms with Gasteiger partial charge in [-0.05, 0) is 37.1 Å². The summed E-state index contributed by atoms with van der Waals surface area (Å²) in [5.41, 5.74) is 2.39. The molecule has 0 spiro atoms. The highest BCUT2D eigenvalue weighted by atomic mass is 35.5. The van der Waals surface area contributed by atoms with Gasteiger partial charge in [0.15, 0.2) is 0 Å². The van der Waals surface area contributed by atoms with Crippen LogP contribution in [-0.4, -0.2) is 64.0 Å². The number of benzene rings is 2. The second-order valence-electron chi connectivity index (χ2n) is 7.57. The lowest BCUT2D eigenvalue weighted by atomic mass is 10.1. The Balaban J connectivity index is 1.47. The lowest BCUT2D eigenvalue weighted by Gasteiger charge is -2.32. The largest absolute Gasteiger partial charge is 0.492 e. The molecule has 2 heterocycles. The van der Waals surface area contributed by atoms with E-state index in [-0.39, 0.29) is 25.2 Å². The molecule has 8 nitrogen and oxygen atoms in total. The zero-order valence-corrected chi connectivity index (χ0v) is 18.8. The van der Waals surface area contributed by atoms with Crippen LogP contribution in [0.1, 0.15) is 22.8 Å². The van der Waals surface area contributed by atoms with Crippen LogP contribution < -0.4 is 4.74 Å². The highest BCUT2D eigenvalue weighted by molar-refractivity contribution is 6.32. The van der Waals surface area contributed by atoms with Crippen LogP contribution in [0.15, 0.2) is 54.7 Å². The monoisotopic (exact) mass is 466 g/mol. The molecule has 0 saturated carbocycles. The molecule has 0 aliphatic carbocycles. The Labute approximate surface area is 196 Å². The quantitative estimate of drug-likeness (QED) is 0.539. The predicted octanol–water partition coefficient (Wildman–Crippen LogP) is 3.18. The fourth-order valence-electron chi connectivity index (χ4n) is 3.74. The van der Waals surface area contributed by atoms with Crippen LogP contribution in [0.25, 0.3) is 11.3 Å². The van der Waals surface area contributed by atoms with Crippen LogP contribution in [0.2, 0.25) is 5.02 Å². The van der Waals surface area contributed by atoms with E-state index in [0.717, 1.165) is 5.56 Å². The maximum Gasteiger partial charge on any atom is 0.258 e. The zero-order valence-electron chi connectivity index (χ0n) is 18.1. The maximum atomic E-state index is 13.2. The SMILES string of the molecule is CCOc1ccc(-c2[nH]ncc2C(=O)N2CC(=O)N(CCc3ccccc3)C(=O)C2)cc1Cl. The maximum absolute atomic E-state index is 13.2. The zero-order chi connectivity index (χ0) is 23.4. The molecule has 1 saturated heterocycles. The van der Waals surface area contributed by atoms with E-state index >= 15 is 0 Å². The van der Waals surface area contributed by atoms with Gasteiger partial charge < -0.3 is 9.64 Å². The lowest BCUT2D eigenvalue weighted by Crippen LogP contribution is -2.56. The van der Waals surface area contributed by atoms with Crippen LogP contribution in [-0.2, 0) is 16.0 Å². The minimum atomic E-state index is -0.451. The van der Waals surface area contributed by atoms with Gasteiger partial charge in [-0.3, -0.25) is 24.4 Å². The molecule has 2 aromatic carbocycles.